The lowest BCUT2D eigenvalue weighted by Crippen LogP contribution is -2.26. The highest BCUT2D eigenvalue weighted by Crippen LogP contribution is 2.24. The molecule has 2 heterocycles. The zero-order chi connectivity index (χ0) is 12.4. The summed E-state index contributed by atoms with van der Waals surface area (Å²) in [5.41, 5.74) is 2.12. The summed E-state index contributed by atoms with van der Waals surface area (Å²) in [6.07, 6.45) is 4.48. The third-order valence-corrected chi connectivity index (χ3v) is 3.31. The van der Waals surface area contributed by atoms with Gasteiger partial charge in [0.25, 0.3) is 0 Å². The number of benzene rings is 1. The molecule has 0 bridgehead atoms. The summed E-state index contributed by atoms with van der Waals surface area (Å²) in [5, 5.41) is 3.51. The molecular formula is C14H16N2O2. The molecule has 4 nitrogen and oxygen atoms in total. The molecule has 1 N–H and O–H groups in total. The Labute approximate surface area is 106 Å². The van der Waals surface area contributed by atoms with E-state index in [0.29, 0.717) is 6.04 Å². The minimum atomic E-state index is 0.263. The summed E-state index contributed by atoms with van der Waals surface area (Å²) in [6.45, 7) is 2.94. The topological polar surface area (TPSA) is 47.3 Å². The zero-order valence-corrected chi connectivity index (χ0v) is 10.3. The van der Waals surface area contributed by atoms with Crippen LogP contribution in [-0.4, -0.2) is 23.7 Å². The maximum Gasteiger partial charge on any atom is 0.181 e. The summed E-state index contributed by atoms with van der Waals surface area (Å²) >= 11 is 0. The van der Waals surface area contributed by atoms with E-state index in [1.54, 1.807) is 6.20 Å². The van der Waals surface area contributed by atoms with Gasteiger partial charge in [-0.25, -0.2) is 4.98 Å². The van der Waals surface area contributed by atoms with Crippen molar-refractivity contribution in [1.82, 2.24) is 4.98 Å². The fourth-order valence-electron chi connectivity index (χ4n) is 2.26. The first-order chi connectivity index (χ1) is 8.83. The van der Waals surface area contributed by atoms with Crippen molar-refractivity contribution in [1.29, 1.82) is 0 Å². The van der Waals surface area contributed by atoms with Crippen LogP contribution in [0.15, 0.2) is 41.3 Å². The molecule has 1 fully saturated rings. The number of rotatable bonds is 3. The van der Waals surface area contributed by atoms with Crippen molar-refractivity contribution in [3.63, 3.8) is 0 Å². The van der Waals surface area contributed by atoms with Gasteiger partial charge in [0.15, 0.2) is 12.2 Å². The minimum absolute atomic E-state index is 0.263. The van der Waals surface area contributed by atoms with Gasteiger partial charge in [-0.05, 0) is 25.5 Å². The maximum absolute atomic E-state index is 5.55. The Morgan fingerprint density at radius 3 is 3.06 bits per heavy atom. The van der Waals surface area contributed by atoms with Gasteiger partial charge in [-0.2, -0.15) is 0 Å². The normalized spacial score (nSPS) is 23.2. The molecule has 1 aromatic heterocycles. The summed E-state index contributed by atoms with van der Waals surface area (Å²) in [4.78, 5) is 3.94. The van der Waals surface area contributed by atoms with Crippen LogP contribution in [0, 0.1) is 0 Å². The Kier molecular flexibility index (Phi) is 3.02. The third-order valence-electron chi connectivity index (χ3n) is 3.31. The van der Waals surface area contributed by atoms with Crippen LogP contribution in [0.25, 0.3) is 11.3 Å². The predicted octanol–water partition coefficient (Wildman–Crippen LogP) is 2.93. The van der Waals surface area contributed by atoms with E-state index in [9.17, 15) is 0 Å². The number of oxazole rings is 1. The van der Waals surface area contributed by atoms with Crippen LogP contribution in [0.1, 0.15) is 13.3 Å². The second-order valence-corrected chi connectivity index (χ2v) is 4.56. The molecule has 2 aromatic rings. The standard InChI is InChI=1S/C14H16N2O2/c1-10-13(5-6-17-10)16-12-4-2-3-11(7-12)14-8-15-9-18-14/h2-4,7-10,13,16H,5-6H2,1H3. The van der Waals surface area contributed by atoms with E-state index in [2.05, 4.69) is 29.4 Å². The van der Waals surface area contributed by atoms with Gasteiger partial charge < -0.3 is 14.5 Å². The van der Waals surface area contributed by atoms with Crippen molar-refractivity contribution in [2.75, 3.05) is 11.9 Å². The molecule has 18 heavy (non-hydrogen) atoms. The largest absolute Gasteiger partial charge is 0.444 e. The van der Waals surface area contributed by atoms with Crippen LogP contribution in [0.2, 0.25) is 0 Å². The van der Waals surface area contributed by atoms with Gasteiger partial charge in [0.05, 0.1) is 18.3 Å². The van der Waals surface area contributed by atoms with E-state index in [4.69, 9.17) is 9.15 Å². The first-order valence-electron chi connectivity index (χ1n) is 6.20. The number of hydrogen-bond donors (Lipinski definition) is 1. The quantitative estimate of drug-likeness (QED) is 0.901. The molecule has 94 valence electrons. The molecule has 0 spiro atoms. The molecule has 4 heteroatoms. The molecular weight excluding hydrogens is 228 g/mol. The summed E-state index contributed by atoms with van der Waals surface area (Å²) in [5.74, 6) is 0.786. The predicted molar refractivity (Wildman–Crippen MR) is 69.4 cm³/mol. The maximum atomic E-state index is 5.55. The van der Waals surface area contributed by atoms with E-state index in [-0.39, 0.29) is 6.10 Å². The van der Waals surface area contributed by atoms with E-state index in [0.717, 1.165) is 30.0 Å². The van der Waals surface area contributed by atoms with Crippen molar-refractivity contribution in [2.45, 2.75) is 25.5 Å². The molecule has 1 aliphatic rings. The van der Waals surface area contributed by atoms with Gasteiger partial charge in [-0.15, -0.1) is 0 Å². The Hall–Kier alpha value is -1.81. The minimum Gasteiger partial charge on any atom is -0.444 e. The molecule has 2 unspecified atom stereocenters. The zero-order valence-electron chi connectivity index (χ0n) is 10.3. The van der Waals surface area contributed by atoms with Gasteiger partial charge in [0.2, 0.25) is 0 Å². The Morgan fingerprint density at radius 1 is 1.39 bits per heavy atom. The summed E-state index contributed by atoms with van der Waals surface area (Å²) in [6, 6.07) is 8.55. The van der Waals surface area contributed by atoms with Crippen molar-refractivity contribution < 1.29 is 9.15 Å². The monoisotopic (exact) mass is 244 g/mol. The Balaban J connectivity index is 1.79. The number of ether oxygens (including phenoxy) is 1. The van der Waals surface area contributed by atoms with Crippen molar-refractivity contribution in [3.05, 3.63) is 36.9 Å². The highest BCUT2D eigenvalue weighted by atomic mass is 16.5. The van der Waals surface area contributed by atoms with Crippen LogP contribution in [0.3, 0.4) is 0 Å². The van der Waals surface area contributed by atoms with Crippen LogP contribution >= 0.6 is 0 Å². The van der Waals surface area contributed by atoms with Crippen LogP contribution < -0.4 is 5.32 Å². The lowest BCUT2D eigenvalue weighted by molar-refractivity contribution is 0.121. The highest BCUT2D eigenvalue weighted by Gasteiger charge is 2.23. The number of hydrogen-bond acceptors (Lipinski definition) is 4. The lowest BCUT2D eigenvalue weighted by Gasteiger charge is -2.17. The van der Waals surface area contributed by atoms with E-state index in [1.807, 2.05) is 12.1 Å². The average molecular weight is 244 g/mol. The smallest absolute Gasteiger partial charge is 0.181 e. The van der Waals surface area contributed by atoms with Gasteiger partial charge in [0.1, 0.15) is 0 Å². The second-order valence-electron chi connectivity index (χ2n) is 4.56. The molecule has 1 aliphatic heterocycles. The second kappa shape index (κ2) is 4.82. The molecule has 0 aliphatic carbocycles. The Morgan fingerprint density at radius 2 is 2.33 bits per heavy atom. The molecule has 3 rings (SSSR count). The number of aromatic nitrogens is 1. The van der Waals surface area contributed by atoms with Crippen molar-refractivity contribution >= 4 is 5.69 Å². The van der Waals surface area contributed by atoms with E-state index < -0.39 is 0 Å². The Bertz CT molecular complexity index is 510. The third kappa shape index (κ3) is 2.24. The molecule has 0 saturated carbocycles. The van der Waals surface area contributed by atoms with Crippen LogP contribution in [0.5, 0.6) is 0 Å². The number of nitrogens with zero attached hydrogens (tertiary/aromatic N) is 1. The van der Waals surface area contributed by atoms with Crippen molar-refractivity contribution in [3.8, 4) is 11.3 Å². The summed E-state index contributed by atoms with van der Waals surface area (Å²) in [7, 11) is 0. The lowest BCUT2D eigenvalue weighted by atomic mass is 10.1. The first kappa shape index (κ1) is 11.3. The summed E-state index contributed by atoms with van der Waals surface area (Å²) < 4.78 is 10.9. The highest BCUT2D eigenvalue weighted by molar-refractivity contribution is 5.63. The molecule has 1 aromatic carbocycles. The van der Waals surface area contributed by atoms with Gasteiger partial charge in [-0.1, -0.05) is 12.1 Å². The molecule has 0 amide bonds. The number of nitrogens with one attached hydrogen (secondary N) is 1. The molecule has 0 radical (unpaired) electrons. The van der Waals surface area contributed by atoms with Crippen molar-refractivity contribution in [2.24, 2.45) is 0 Å². The van der Waals surface area contributed by atoms with Crippen LogP contribution in [0.4, 0.5) is 5.69 Å². The van der Waals surface area contributed by atoms with E-state index >= 15 is 0 Å². The van der Waals surface area contributed by atoms with Gasteiger partial charge in [-0.3, -0.25) is 0 Å². The van der Waals surface area contributed by atoms with Crippen LogP contribution in [-0.2, 0) is 4.74 Å². The molecule has 2 atom stereocenters. The van der Waals surface area contributed by atoms with E-state index in [1.165, 1.54) is 6.39 Å². The number of anilines is 1. The SMILES string of the molecule is CC1OCCC1Nc1cccc(-c2cnco2)c1. The fraction of sp³-hybridized carbons (Fsp3) is 0.357. The fourth-order valence-corrected chi connectivity index (χ4v) is 2.26. The first-order valence-corrected chi connectivity index (χ1v) is 6.20. The van der Waals surface area contributed by atoms with Gasteiger partial charge in [0, 0.05) is 17.9 Å². The average Bonchev–Trinajstić information content (AvgIpc) is 3.02. The van der Waals surface area contributed by atoms with Gasteiger partial charge >= 0.3 is 0 Å². The molecule has 1 saturated heterocycles.